The summed E-state index contributed by atoms with van der Waals surface area (Å²) >= 11 is 7.86. The van der Waals surface area contributed by atoms with Gasteiger partial charge in [-0.3, -0.25) is 4.79 Å². The van der Waals surface area contributed by atoms with E-state index in [2.05, 4.69) is 5.32 Å². The van der Waals surface area contributed by atoms with E-state index >= 15 is 0 Å². The Kier molecular flexibility index (Phi) is 11.6. The van der Waals surface area contributed by atoms with Crippen LogP contribution in [-0.4, -0.2) is 61.0 Å². The normalized spacial score (nSPS) is 12.3. The molecule has 1 amide bonds. The van der Waals surface area contributed by atoms with Gasteiger partial charge < -0.3 is 19.6 Å². The molecule has 4 rings (SSSR count). The maximum absolute atomic E-state index is 13.9. The van der Waals surface area contributed by atoms with E-state index in [4.69, 9.17) is 20.8 Å². The number of carbonyl (C=O) groups is 2. The second-order valence-corrected chi connectivity index (χ2v) is 10.3. The molecular formula is C30H27ClF2LiNO5S. The maximum atomic E-state index is 13.9. The first-order valence-corrected chi connectivity index (χ1v) is 14.0. The summed E-state index contributed by atoms with van der Waals surface area (Å²) in [5.41, 5.74) is 2.19. The second-order valence-electron chi connectivity index (χ2n) is 8.90. The summed E-state index contributed by atoms with van der Waals surface area (Å²) in [6.07, 6.45) is 1.40. The third kappa shape index (κ3) is 7.82. The number of thioether (sulfide) groups is 1. The molecule has 3 aromatic carbocycles. The summed E-state index contributed by atoms with van der Waals surface area (Å²) in [7, 11) is 1.50. The average molecular weight is 594 g/mol. The minimum atomic E-state index is -1.14. The van der Waals surface area contributed by atoms with Crippen molar-refractivity contribution in [1.82, 2.24) is 5.32 Å². The van der Waals surface area contributed by atoms with Crippen LogP contribution in [0.4, 0.5) is 8.78 Å². The molecule has 0 fully saturated rings. The van der Waals surface area contributed by atoms with E-state index in [1.165, 1.54) is 43.1 Å². The molecule has 6 nitrogen and oxygen atoms in total. The monoisotopic (exact) mass is 593 g/mol. The summed E-state index contributed by atoms with van der Waals surface area (Å²) in [6.45, 7) is 0. The number of carbonyl (C=O) groups excluding carboxylic acids is 1. The van der Waals surface area contributed by atoms with Gasteiger partial charge in [-0.15, -0.1) is 0 Å². The van der Waals surface area contributed by atoms with Gasteiger partial charge in [0.2, 0.25) is 0 Å². The van der Waals surface area contributed by atoms with Crippen molar-refractivity contribution >= 4 is 54.1 Å². The van der Waals surface area contributed by atoms with Crippen LogP contribution in [0.25, 0.3) is 22.5 Å². The number of amides is 1. The van der Waals surface area contributed by atoms with Crippen LogP contribution in [0.2, 0.25) is 5.02 Å². The molecule has 0 saturated heterocycles. The molecule has 0 aliphatic carbocycles. The summed E-state index contributed by atoms with van der Waals surface area (Å²) in [5, 5.41) is 12.3. The van der Waals surface area contributed by atoms with E-state index in [9.17, 15) is 23.5 Å². The van der Waals surface area contributed by atoms with E-state index in [1.54, 1.807) is 42.5 Å². The van der Waals surface area contributed by atoms with Crippen LogP contribution in [0.5, 0.6) is 0 Å². The number of carboxylic acids is 1. The van der Waals surface area contributed by atoms with E-state index < -0.39 is 29.8 Å². The number of hydrogen-bond acceptors (Lipinski definition) is 5. The quantitative estimate of drug-likeness (QED) is 0.191. The van der Waals surface area contributed by atoms with Crippen molar-refractivity contribution in [2.24, 2.45) is 0 Å². The molecule has 4 aromatic rings. The fourth-order valence-electron chi connectivity index (χ4n) is 4.26. The Morgan fingerprint density at radius 3 is 2.34 bits per heavy atom. The third-order valence-corrected chi connectivity index (χ3v) is 7.23. The van der Waals surface area contributed by atoms with Crippen LogP contribution in [0.3, 0.4) is 0 Å². The van der Waals surface area contributed by atoms with E-state index in [0.717, 1.165) is 6.07 Å². The van der Waals surface area contributed by atoms with Gasteiger partial charge in [0.1, 0.15) is 35.3 Å². The molecule has 0 saturated carbocycles. The zero-order chi connectivity index (χ0) is 28.8. The standard InChI is InChI=1S/C30H26ClF2NO5S.Li.H/c1-38-28(27-12-11-26(39-27)17-3-6-19(32)7-4-17)18-5-9-22(29(35)34-25(30(36)37)13-14-40-2)23(15-18)21-10-8-20(33)16-24(21)31;;/h3-12,15-16,25,28H,13-14H2,1-2H3,(H,34,35)(H,36,37);;. The van der Waals surface area contributed by atoms with Gasteiger partial charge in [-0.1, -0.05) is 17.7 Å². The molecule has 0 aliphatic heterocycles. The Bertz CT molecular complexity index is 1520. The predicted octanol–water partition coefficient (Wildman–Crippen LogP) is 6.57. The topological polar surface area (TPSA) is 88.8 Å². The summed E-state index contributed by atoms with van der Waals surface area (Å²) in [4.78, 5) is 25.1. The van der Waals surface area contributed by atoms with E-state index in [1.807, 2.05) is 6.26 Å². The van der Waals surface area contributed by atoms with Crippen LogP contribution in [0, 0.1) is 11.6 Å². The van der Waals surface area contributed by atoms with Crippen molar-refractivity contribution in [3.8, 4) is 22.5 Å². The van der Waals surface area contributed by atoms with Gasteiger partial charge >= 0.3 is 24.8 Å². The Hall–Kier alpha value is -3.06. The van der Waals surface area contributed by atoms with Gasteiger partial charge in [0.15, 0.2) is 0 Å². The number of ether oxygens (including phenoxy) is 1. The van der Waals surface area contributed by atoms with Gasteiger partial charge in [-0.25, -0.2) is 13.6 Å². The Morgan fingerprint density at radius 2 is 1.71 bits per heavy atom. The average Bonchev–Trinajstić information content (AvgIpc) is 3.41. The molecular weight excluding hydrogens is 567 g/mol. The molecule has 1 heterocycles. The molecule has 1 aromatic heterocycles. The molecule has 2 unspecified atom stereocenters. The molecule has 0 spiro atoms. The van der Waals surface area contributed by atoms with Crippen LogP contribution >= 0.6 is 23.4 Å². The zero-order valence-electron chi connectivity index (χ0n) is 21.6. The number of hydrogen-bond donors (Lipinski definition) is 2. The van der Waals surface area contributed by atoms with Gasteiger partial charge in [0.05, 0.1) is 5.02 Å². The molecule has 0 aliphatic rings. The van der Waals surface area contributed by atoms with Gasteiger partial charge in [-0.2, -0.15) is 11.8 Å². The molecule has 0 bridgehead atoms. The molecule has 11 heteroatoms. The van der Waals surface area contributed by atoms with Gasteiger partial charge in [0, 0.05) is 23.8 Å². The molecule has 2 atom stereocenters. The van der Waals surface area contributed by atoms with Crippen LogP contribution in [-0.2, 0) is 9.53 Å². The number of furan rings is 1. The predicted molar refractivity (Wildman–Crippen MR) is 159 cm³/mol. The van der Waals surface area contributed by atoms with Crippen LogP contribution in [0.1, 0.15) is 34.2 Å². The fraction of sp³-hybridized carbons (Fsp3) is 0.200. The van der Waals surface area contributed by atoms with Crippen molar-refractivity contribution in [2.45, 2.75) is 18.6 Å². The summed E-state index contributed by atoms with van der Waals surface area (Å²) < 4.78 is 39.0. The van der Waals surface area contributed by atoms with Gasteiger partial charge in [0.25, 0.3) is 5.91 Å². The number of halogens is 3. The number of methoxy groups -OCH3 is 1. The first-order valence-electron chi connectivity index (χ1n) is 12.2. The second kappa shape index (κ2) is 14.7. The molecule has 210 valence electrons. The molecule has 0 radical (unpaired) electrons. The summed E-state index contributed by atoms with van der Waals surface area (Å²) in [5.74, 6) is -1.14. The first kappa shape index (κ1) is 32.5. The Balaban J connectivity index is 0.00000462. The van der Waals surface area contributed by atoms with Gasteiger partial charge in [-0.05, 0) is 96.3 Å². The molecule has 2 N–H and O–H groups in total. The van der Waals surface area contributed by atoms with Crippen LogP contribution in [0.15, 0.2) is 77.2 Å². The van der Waals surface area contributed by atoms with Crippen molar-refractivity contribution in [2.75, 3.05) is 19.1 Å². The van der Waals surface area contributed by atoms with Crippen LogP contribution < -0.4 is 5.32 Å². The number of nitrogens with one attached hydrogen (secondary N) is 1. The van der Waals surface area contributed by atoms with Crippen molar-refractivity contribution in [3.05, 3.63) is 106 Å². The van der Waals surface area contributed by atoms with E-state index in [0.29, 0.717) is 39.5 Å². The Morgan fingerprint density at radius 1 is 1.00 bits per heavy atom. The summed E-state index contributed by atoms with van der Waals surface area (Å²) in [6, 6.07) is 17.0. The van der Waals surface area contributed by atoms with E-state index in [-0.39, 0.29) is 41.7 Å². The number of rotatable bonds is 11. The number of benzene rings is 3. The third-order valence-electron chi connectivity index (χ3n) is 6.28. The minimum absolute atomic E-state index is 0. The SMILES string of the molecule is COC(c1ccc(C(=O)NC(CCSC)C(=O)O)c(-c2ccc(F)cc2Cl)c1)c1ccc(-c2ccc(F)cc2)o1.[LiH]. The van der Waals surface area contributed by atoms with Crippen molar-refractivity contribution < 1.29 is 32.6 Å². The number of aliphatic carboxylic acids is 1. The Labute approximate surface area is 257 Å². The number of carboxylic acid groups (broad SMARTS) is 1. The fourth-order valence-corrected chi connectivity index (χ4v) is 5.00. The zero-order valence-corrected chi connectivity index (χ0v) is 23.2. The van der Waals surface area contributed by atoms with Crippen molar-refractivity contribution in [3.63, 3.8) is 0 Å². The van der Waals surface area contributed by atoms with Crippen molar-refractivity contribution in [1.29, 1.82) is 0 Å². The first-order chi connectivity index (χ1) is 19.2. The molecule has 41 heavy (non-hydrogen) atoms.